The predicted octanol–water partition coefficient (Wildman–Crippen LogP) is 3.68. The third-order valence-electron chi connectivity index (χ3n) is 2.21. The Kier molecular flexibility index (Phi) is 3.91. The van der Waals surface area contributed by atoms with Gasteiger partial charge in [0.1, 0.15) is 18.1 Å². The minimum absolute atomic E-state index is 0.508. The van der Waals surface area contributed by atoms with Gasteiger partial charge in [0, 0.05) is 20.8 Å². The van der Waals surface area contributed by atoms with Crippen LogP contribution in [0, 0.1) is 0 Å². The van der Waals surface area contributed by atoms with Gasteiger partial charge >= 0.3 is 0 Å². The third-order valence-corrected chi connectivity index (χ3v) is 3.88. The molecule has 1 aromatic carbocycles. The summed E-state index contributed by atoms with van der Waals surface area (Å²) in [6, 6.07) is 7.40. The lowest BCUT2D eigenvalue weighted by atomic mass is 10.3. The predicted molar refractivity (Wildman–Crippen MR) is 73.8 cm³/mol. The molecular weight excluding hydrogens is 302 g/mol. The highest BCUT2D eigenvalue weighted by molar-refractivity contribution is 9.10. The number of ether oxygens (including phenoxy) is 2. The van der Waals surface area contributed by atoms with Crippen molar-refractivity contribution in [2.45, 2.75) is 6.61 Å². The Balaban J connectivity index is 2.07. The van der Waals surface area contributed by atoms with Crippen molar-refractivity contribution >= 4 is 33.0 Å². The van der Waals surface area contributed by atoms with Crippen LogP contribution in [0.1, 0.15) is 4.88 Å². The van der Waals surface area contributed by atoms with E-state index in [0.717, 1.165) is 15.1 Å². The van der Waals surface area contributed by atoms with E-state index in [1.54, 1.807) is 30.6 Å². The molecule has 0 bridgehead atoms. The Bertz CT molecular complexity index is 513. The molecule has 0 atom stereocenters. The minimum atomic E-state index is 0.508. The van der Waals surface area contributed by atoms with Gasteiger partial charge in [-0.25, -0.2) is 0 Å². The molecule has 90 valence electrons. The Hall–Kier alpha value is -1.20. The topological polar surface area (TPSA) is 44.5 Å². The van der Waals surface area contributed by atoms with Crippen LogP contribution in [0.2, 0.25) is 0 Å². The van der Waals surface area contributed by atoms with Gasteiger partial charge in [-0.2, -0.15) is 0 Å². The van der Waals surface area contributed by atoms with Crippen molar-refractivity contribution in [3.63, 3.8) is 0 Å². The number of rotatable bonds is 4. The number of nitrogen functional groups attached to an aromatic ring is 1. The number of anilines is 1. The first-order chi connectivity index (χ1) is 8.19. The Labute approximate surface area is 112 Å². The number of benzene rings is 1. The summed E-state index contributed by atoms with van der Waals surface area (Å²) in [6.45, 7) is 0.508. The monoisotopic (exact) mass is 313 g/mol. The number of thiophene rings is 1. The van der Waals surface area contributed by atoms with Crippen LogP contribution in [-0.2, 0) is 6.61 Å². The number of hydrogen-bond acceptors (Lipinski definition) is 4. The van der Waals surface area contributed by atoms with E-state index in [-0.39, 0.29) is 0 Å². The summed E-state index contributed by atoms with van der Waals surface area (Å²) in [5.74, 6) is 1.38. The van der Waals surface area contributed by atoms with Crippen molar-refractivity contribution in [3.8, 4) is 11.5 Å². The van der Waals surface area contributed by atoms with Crippen LogP contribution in [0.25, 0.3) is 0 Å². The van der Waals surface area contributed by atoms with Gasteiger partial charge in [0.05, 0.1) is 12.8 Å². The van der Waals surface area contributed by atoms with Crippen molar-refractivity contribution in [3.05, 3.63) is 39.0 Å². The second-order valence-electron chi connectivity index (χ2n) is 3.42. The van der Waals surface area contributed by atoms with Crippen molar-refractivity contribution in [2.75, 3.05) is 12.8 Å². The Morgan fingerprint density at radius 2 is 2.18 bits per heavy atom. The van der Waals surface area contributed by atoms with Gasteiger partial charge < -0.3 is 15.2 Å². The Morgan fingerprint density at radius 3 is 2.82 bits per heavy atom. The standard InChI is InChI=1S/C12H12BrNO2S/c1-15-9-2-3-11(14)12(5-9)16-6-10-4-8(13)7-17-10/h2-5,7H,6,14H2,1H3. The van der Waals surface area contributed by atoms with Crippen molar-refractivity contribution < 1.29 is 9.47 Å². The summed E-state index contributed by atoms with van der Waals surface area (Å²) in [5.41, 5.74) is 6.44. The van der Waals surface area contributed by atoms with Crippen LogP contribution in [0.15, 0.2) is 34.1 Å². The average Bonchev–Trinajstić information content (AvgIpc) is 2.74. The molecular formula is C12H12BrNO2S. The first kappa shape index (κ1) is 12.3. The van der Waals surface area contributed by atoms with E-state index >= 15 is 0 Å². The van der Waals surface area contributed by atoms with Crippen LogP contribution >= 0.6 is 27.3 Å². The highest BCUT2D eigenvalue weighted by Gasteiger charge is 2.04. The molecule has 0 saturated heterocycles. The van der Waals surface area contributed by atoms with Crippen LogP contribution in [0.3, 0.4) is 0 Å². The van der Waals surface area contributed by atoms with E-state index in [0.29, 0.717) is 18.0 Å². The first-order valence-electron chi connectivity index (χ1n) is 4.98. The number of hydrogen-bond donors (Lipinski definition) is 1. The second-order valence-corrected chi connectivity index (χ2v) is 5.34. The van der Waals surface area contributed by atoms with Gasteiger partial charge in [-0.05, 0) is 34.1 Å². The zero-order valence-corrected chi connectivity index (χ0v) is 11.7. The highest BCUT2D eigenvalue weighted by Crippen LogP contribution is 2.28. The van der Waals surface area contributed by atoms with Gasteiger partial charge in [0.2, 0.25) is 0 Å². The molecule has 1 aromatic heterocycles. The van der Waals surface area contributed by atoms with Crippen LogP contribution in [0.5, 0.6) is 11.5 Å². The SMILES string of the molecule is COc1ccc(N)c(OCc2cc(Br)cs2)c1. The maximum Gasteiger partial charge on any atom is 0.146 e. The minimum Gasteiger partial charge on any atom is -0.497 e. The smallest absolute Gasteiger partial charge is 0.146 e. The number of halogens is 1. The molecule has 0 spiro atoms. The molecule has 0 fully saturated rings. The zero-order valence-electron chi connectivity index (χ0n) is 9.27. The molecule has 0 aliphatic rings. The van der Waals surface area contributed by atoms with Crippen molar-refractivity contribution in [1.82, 2.24) is 0 Å². The van der Waals surface area contributed by atoms with E-state index in [4.69, 9.17) is 15.2 Å². The molecule has 0 saturated carbocycles. The molecule has 2 aromatic rings. The summed E-state index contributed by atoms with van der Waals surface area (Å²) in [6.07, 6.45) is 0. The third kappa shape index (κ3) is 3.14. The van der Waals surface area contributed by atoms with Gasteiger partial charge in [-0.15, -0.1) is 11.3 Å². The fourth-order valence-electron chi connectivity index (χ4n) is 1.35. The molecule has 5 heteroatoms. The first-order valence-corrected chi connectivity index (χ1v) is 6.65. The Morgan fingerprint density at radius 1 is 1.35 bits per heavy atom. The largest absolute Gasteiger partial charge is 0.497 e. The quantitative estimate of drug-likeness (QED) is 0.876. The lowest BCUT2D eigenvalue weighted by Gasteiger charge is -2.09. The van der Waals surface area contributed by atoms with E-state index in [1.807, 2.05) is 17.5 Å². The summed E-state index contributed by atoms with van der Waals surface area (Å²) < 4.78 is 11.9. The number of nitrogens with two attached hydrogens (primary N) is 1. The van der Waals surface area contributed by atoms with Crippen LogP contribution < -0.4 is 15.2 Å². The molecule has 17 heavy (non-hydrogen) atoms. The molecule has 2 N–H and O–H groups in total. The normalized spacial score (nSPS) is 10.2. The van der Waals surface area contributed by atoms with E-state index < -0.39 is 0 Å². The summed E-state index contributed by atoms with van der Waals surface area (Å²) >= 11 is 5.05. The summed E-state index contributed by atoms with van der Waals surface area (Å²) in [4.78, 5) is 1.14. The van der Waals surface area contributed by atoms with Crippen LogP contribution in [-0.4, -0.2) is 7.11 Å². The molecule has 0 aliphatic carbocycles. The van der Waals surface area contributed by atoms with Gasteiger partial charge in [0.25, 0.3) is 0 Å². The summed E-state index contributed by atoms with van der Waals surface area (Å²) in [5, 5.41) is 2.02. The maximum absolute atomic E-state index is 5.83. The van der Waals surface area contributed by atoms with Gasteiger partial charge in [-0.1, -0.05) is 0 Å². The lowest BCUT2D eigenvalue weighted by Crippen LogP contribution is -1.97. The van der Waals surface area contributed by atoms with Crippen LogP contribution in [0.4, 0.5) is 5.69 Å². The fraction of sp³-hybridized carbons (Fsp3) is 0.167. The molecule has 2 rings (SSSR count). The molecule has 0 unspecified atom stereocenters. The van der Waals surface area contributed by atoms with E-state index in [9.17, 15) is 0 Å². The molecule has 3 nitrogen and oxygen atoms in total. The average molecular weight is 314 g/mol. The molecule has 0 radical (unpaired) electrons. The molecule has 1 heterocycles. The van der Waals surface area contributed by atoms with Gasteiger partial charge in [0.15, 0.2) is 0 Å². The maximum atomic E-state index is 5.83. The summed E-state index contributed by atoms with van der Waals surface area (Å²) in [7, 11) is 1.62. The van der Waals surface area contributed by atoms with E-state index in [2.05, 4.69) is 15.9 Å². The second kappa shape index (κ2) is 5.42. The molecule has 0 aliphatic heterocycles. The fourth-order valence-corrected chi connectivity index (χ4v) is 2.71. The lowest BCUT2D eigenvalue weighted by molar-refractivity contribution is 0.309. The van der Waals surface area contributed by atoms with Crippen molar-refractivity contribution in [2.24, 2.45) is 0 Å². The number of methoxy groups -OCH3 is 1. The van der Waals surface area contributed by atoms with Crippen molar-refractivity contribution in [1.29, 1.82) is 0 Å². The van der Waals surface area contributed by atoms with E-state index in [1.165, 1.54) is 0 Å². The zero-order chi connectivity index (χ0) is 12.3. The van der Waals surface area contributed by atoms with Gasteiger partial charge in [-0.3, -0.25) is 0 Å². The molecule has 0 amide bonds. The highest BCUT2D eigenvalue weighted by atomic mass is 79.9.